The summed E-state index contributed by atoms with van der Waals surface area (Å²) in [6.07, 6.45) is 2.91. The van der Waals surface area contributed by atoms with Gasteiger partial charge < -0.3 is 14.8 Å². The maximum Gasteiger partial charge on any atom is 0.256 e. The minimum atomic E-state index is -0.790. The van der Waals surface area contributed by atoms with E-state index in [2.05, 4.69) is 31.0 Å². The van der Waals surface area contributed by atoms with Gasteiger partial charge in [0.15, 0.2) is 0 Å². The molecule has 0 bridgehead atoms. The number of hydrogen-bond acceptors (Lipinski definition) is 4. The summed E-state index contributed by atoms with van der Waals surface area (Å²) in [5.74, 6) is 2.26. The number of piperidine rings is 1. The number of carbonyl (C=O) groups is 1. The molecule has 1 aromatic rings. The van der Waals surface area contributed by atoms with Gasteiger partial charge in [-0.1, -0.05) is 27.2 Å². The zero-order chi connectivity index (χ0) is 20.6. The van der Waals surface area contributed by atoms with Gasteiger partial charge in [-0.3, -0.25) is 9.69 Å². The van der Waals surface area contributed by atoms with Crippen molar-refractivity contribution in [2.75, 3.05) is 38.2 Å². The zero-order valence-electron chi connectivity index (χ0n) is 18.3. The quantitative estimate of drug-likeness (QED) is 0.635. The Kier molecular flexibility index (Phi) is 8.77. The Morgan fingerprint density at radius 2 is 1.82 bits per heavy atom. The molecule has 1 N–H and O–H groups in total. The van der Waals surface area contributed by atoms with Crippen molar-refractivity contribution >= 4 is 11.6 Å². The molecule has 0 aliphatic carbocycles. The molecule has 5 nitrogen and oxygen atoms in total. The van der Waals surface area contributed by atoms with Crippen LogP contribution in [0.15, 0.2) is 24.3 Å². The van der Waals surface area contributed by atoms with Gasteiger partial charge in [0.1, 0.15) is 18.0 Å². The molecule has 1 saturated heterocycles. The van der Waals surface area contributed by atoms with Crippen molar-refractivity contribution in [2.45, 2.75) is 59.5 Å². The Hall–Kier alpha value is -1.59. The molecule has 1 aliphatic heterocycles. The number of anilines is 1. The van der Waals surface area contributed by atoms with Crippen molar-refractivity contribution in [3.63, 3.8) is 0 Å². The molecule has 0 saturated carbocycles. The van der Waals surface area contributed by atoms with Crippen molar-refractivity contribution in [3.05, 3.63) is 24.3 Å². The van der Waals surface area contributed by atoms with Gasteiger partial charge in [0.25, 0.3) is 5.91 Å². The molecular formula is C23H38N2O3. The van der Waals surface area contributed by atoms with E-state index in [0.717, 1.165) is 49.3 Å². The average Bonchev–Trinajstić information content (AvgIpc) is 2.63. The van der Waals surface area contributed by atoms with Gasteiger partial charge >= 0.3 is 0 Å². The lowest BCUT2D eigenvalue weighted by atomic mass is 9.92. The standard InChI is InChI=1S/C23H38N2O3/c1-6-12-23(5,28-7-2)22(26)24-20-8-10-21(11-9-20)27-14-13-25-16-18(3)15-19(4)17-25/h8-11,18-19H,6-7,12-17H2,1-5H3,(H,24,26). The molecule has 158 valence electrons. The number of likely N-dealkylation sites (tertiary alicyclic amines) is 1. The molecule has 1 amide bonds. The van der Waals surface area contributed by atoms with Gasteiger partial charge in [-0.2, -0.15) is 0 Å². The number of benzene rings is 1. The minimum absolute atomic E-state index is 0.0989. The molecule has 0 radical (unpaired) electrons. The first-order valence-electron chi connectivity index (χ1n) is 10.8. The first kappa shape index (κ1) is 22.7. The van der Waals surface area contributed by atoms with Crippen LogP contribution in [0, 0.1) is 11.8 Å². The van der Waals surface area contributed by atoms with Crippen LogP contribution in [0.1, 0.15) is 53.9 Å². The molecule has 2 rings (SSSR count). The van der Waals surface area contributed by atoms with E-state index >= 15 is 0 Å². The van der Waals surface area contributed by atoms with Crippen molar-refractivity contribution in [3.8, 4) is 5.75 Å². The average molecular weight is 391 g/mol. The minimum Gasteiger partial charge on any atom is -0.492 e. The Bertz CT molecular complexity index is 586. The number of nitrogens with zero attached hydrogens (tertiary/aromatic N) is 1. The summed E-state index contributed by atoms with van der Waals surface area (Å²) in [7, 11) is 0. The summed E-state index contributed by atoms with van der Waals surface area (Å²) in [6.45, 7) is 15.0. The van der Waals surface area contributed by atoms with E-state index in [0.29, 0.717) is 19.6 Å². The lowest BCUT2D eigenvalue weighted by molar-refractivity contribution is -0.139. The maximum atomic E-state index is 12.6. The smallest absolute Gasteiger partial charge is 0.256 e. The number of nitrogens with one attached hydrogen (secondary N) is 1. The number of hydrogen-bond donors (Lipinski definition) is 1. The van der Waals surface area contributed by atoms with E-state index in [-0.39, 0.29) is 5.91 Å². The Morgan fingerprint density at radius 3 is 2.39 bits per heavy atom. The SMILES string of the molecule is CCCC(C)(OCC)C(=O)Nc1ccc(OCCN2CC(C)CC(C)C2)cc1. The van der Waals surface area contributed by atoms with E-state index in [1.807, 2.05) is 38.1 Å². The second-order valence-corrected chi connectivity index (χ2v) is 8.45. The third kappa shape index (κ3) is 6.78. The van der Waals surface area contributed by atoms with E-state index in [1.165, 1.54) is 6.42 Å². The second kappa shape index (κ2) is 10.8. The summed E-state index contributed by atoms with van der Waals surface area (Å²) >= 11 is 0. The topological polar surface area (TPSA) is 50.8 Å². The van der Waals surface area contributed by atoms with Crippen molar-refractivity contribution < 1.29 is 14.3 Å². The van der Waals surface area contributed by atoms with Gasteiger partial charge in [-0.05, 0) is 62.8 Å². The molecule has 5 heteroatoms. The van der Waals surface area contributed by atoms with E-state index in [4.69, 9.17) is 9.47 Å². The predicted octanol–water partition coefficient (Wildman–Crippen LogP) is 4.58. The van der Waals surface area contributed by atoms with Gasteiger partial charge in [-0.15, -0.1) is 0 Å². The monoisotopic (exact) mass is 390 g/mol. The van der Waals surface area contributed by atoms with Crippen LogP contribution >= 0.6 is 0 Å². The van der Waals surface area contributed by atoms with Crippen LogP contribution in [0.2, 0.25) is 0 Å². The predicted molar refractivity (Wildman–Crippen MR) is 115 cm³/mol. The summed E-state index contributed by atoms with van der Waals surface area (Å²) in [6, 6.07) is 7.59. The third-order valence-electron chi connectivity index (χ3n) is 5.40. The van der Waals surface area contributed by atoms with Crippen molar-refractivity contribution in [1.82, 2.24) is 4.90 Å². The molecule has 1 fully saturated rings. The number of carbonyl (C=O) groups excluding carboxylic acids is 1. The summed E-state index contributed by atoms with van der Waals surface area (Å²) < 4.78 is 11.6. The summed E-state index contributed by atoms with van der Waals surface area (Å²) in [5, 5.41) is 2.97. The van der Waals surface area contributed by atoms with Crippen LogP contribution < -0.4 is 10.1 Å². The molecule has 1 heterocycles. The van der Waals surface area contributed by atoms with Crippen LogP contribution in [0.25, 0.3) is 0 Å². The second-order valence-electron chi connectivity index (χ2n) is 8.45. The maximum absolute atomic E-state index is 12.6. The van der Waals surface area contributed by atoms with Crippen LogP contribution in [0.4, 0.5) is 5.69 Å². The van der Waals surface area contributed by atoms with Crippen LogP contribution in [-0.2, 0) is 9.53 Å². The van der Waals surface area contributed by atoms with E-state index in [9.17, 15) is 4.79 Å². The fourth-order valence-electron chi connectivity index (χ4n) is 4.21. The summed E-state index contributed by atoms with van der Waals surface area (Å²) in [4.78, 5) is 15.1. The molecule has 0 spiro atoms. The molecule has 3 unspecified atom stereocenters. The van der Waals surface area contributed by atoms with Crippen LogP contribution in [-0.4, -0.2) is 49.3 Å². The van der Waals surface area contributed by atoms with Crippen LogP contribution in [0.3, 0.4) is 0 Å². The van der Waals surface area contributed by atoms with Gasteiger partial charge in [0.2, 0.25) is 0 Å². The Labute approximate surface area is 170 Å². The summed E-state index contributed by atoms with van der Waals surface area (Å²) in [5.41, 5.74) is -0.0282. The fraction of sp³-hybridized carbons (Fsp3) is 0.696. The lowest BCUT2D eigenvalue weighted by Crippen LogP contribution is -2.42. The highest BCUT2D eigenvalue weighted by Crippen LogP contribution is 2.23. The number of rotatable bonds is 10. The lowest BCUT2D eigenvalue weighted by Gasteiger charge is -2.34. The third-order valence-corrected chi connectivity index (χ3v) is 5.40. The highest BCUT2D eigenvalue weighted by Gasteiger charge is 2.32. The van der Waals surface area contributed by atoms with Gasteiger partial charge in [0, 0.05) is 31.9 Å². The first-order valence-corrected chi connectivity index (χ1v) is 10.8. The van der Waals surface area contributed by atoms with E-state index < -0.39 is 5.60 Å². The number of amides is 1. The highest BCUT2D eigenvalue weighted by molar-refractivity contribution is 5.97. The van der Waals surface area contributed by atoms with Crippen molar-refractivity contribution in [1.29, 1.82) is 0 Å². The normalized spacial score (nSPS) is 22.5. The zero-order valence-corrected chi connectivity index (χ0v) is 18.3. The van der Waals surface area contributed by atoms with Crippen LogP contribution in [0.5, 0.6) is 5.75 Å². The Balaban J connectivity index is 1.81. The largest absolute Gasteiger partial charge is 0.492 e. The van der Waals surface area contributed by atoms with Gasteiger partial charge in [0.05, 0.1) is 0 Å². The first-order chi connectivity index (χ1) is 13.4. The molecule has 3 atom stereocenters. The van der Waals surface area contributed by atoms with Crippen molar-refractivity contribution in [2.24, 2.45) is 11.8 Å². The molecular weight excluding hydrogens is 352 g/mol. The van der Waals surface area contributed by atoms with Gasteiger partial charge in [-0.25, -0.2) is 0 Å². The Morgan fingerprint density at radius 1 is 1.18 bits per heavy atom. The van der Waals surface area contributed by atoms with E-state index in [1.54, 1.807) is 0 Å². The molecule has 0 aromatic heterocycles. The number of ether oxygens (including phenoxy) is 2. The molecule has 28 heavy (non-hydrogen) atoms. The molecule has 1 aromatic carbocycles. The molecule has 1 aliphatic rings. The highest BCUT2D eigenvalue weighted by atomic mass is 16.5. The fourth-order valence-corrected chi connectivity index (χ4v) is 4.21.